The van der Waals surface area contributed by atoms with Gasteiger partial charge in [0.05, 0.1) is 25.4 Å². The van der Waals surface area contributed by atoms with E-state index in [1.54, 1.807) is 0 Å². The first kappa shape index (κ1) is 23.5. The summed E-state index contributed by atoms with van der Waals surface area (Å²) >= 11 is 0. The summed E-state index contributed by atoms with van der Waals surface area (Å²) in [6.07, 6.45) is 7.95. The second kappa shape index (κ2) is 8.61. The van der Waals surface area contributed by atoms with Gasteiger partial charge in [-0.2, -0.15) is 0 Å². The Labute approximate surface area is 188 Å². The van der Waals surface area contributed by atoms with Gasteiger partial charge in [-0.1, -0.05) is 20.8 Å². The molecule has 11 unspecified atom stereocenters. The molecule has 4 fully saturated rings. The third-order valence-corrected chi connectivity index (χ3v) is 10.8. The Morgan fingerprint density at radius 2 is 1.81 bits per heavy atom. The van der Waals surface area contributed by atoms with Gasteiger partial charge in [-0.15, -0.1) is 0 Å². The Morgan fingerprint density at radius 3 is 2.48 bits per heavy atom. The van der Waals surface area contributed by atoms with Crippen molar-refractivity contribution in [2.75, 3.05) is 14.2 Å². The second-order valence-corrected chi connectivity index (χ2v) is 11.8. The Morgan fingerprint density at radius 1 is 1.06 bits per heavy atom. The van der Waals surface area contributed by atoms with E-state index in [1.165, 1.54) is 7.11 Å². The summed E-state index contributed by atoms with van der Waals surface area (Å²) in [6, 6.07) is 0. The van der Waals surface area contributed by atoms with Crippen molar-refractivity contribution < 1.29 is 24.5 Å². The number of ether oxygens (including phenoxy) is 2. The van der Waals surface area contributed by atoms with Crippen molar-refractivity contribution in [3.63, 3.8) is 0 Å². The maximum Gasteiger partial charge on any atom is 0.305 e. The summed E-state index contributed by atoms with van der Waals surface area (Å²) < 4.78 is 11.1. The molecule has 5 nitrogen and oxygen atoms in total. The number of rotatable bonds is 5. The molecule has 0 amide bonds. The molecule has 4 aliphatic rings. The molecule has 31 heavy (non-hydrogen) atoms. The lowest BCUT2D eigenvalue weighted by atomic mass is 9.43. The highest BCUT2D eigenvalue weighted by atomic mass is 16.5. The van der Waals surface area contributed by atoms with Crippen molar-refractivity contribution in [1.82, 2.24) is 0 Å². The van der Waals surface area contributed by atoms with Crippen molar-refractivity contribution in [1.29, 1.82) is 0 Å². The fraction of sp³-hybridized carbons (Fsp3) is 0.962. The minimum absolute atomic E-state index is 0.0316. The van der Waals surface area contributed by atoms with Crippen LogP contribution in [0.4, 0.5) is 0 Å². The Kier molecular flexibility index (Phi) is 6.53. The standard InChI is InChI=1S/C26H44O5/c1-15(6-9-23(29)31-5)18-7-8-19-24-20(14-22(30-4)26(18,19)3)25(2)11-10-17(27)12-16(25)13-21(24)28/h15-22,24,27-28H,6-14H2,1-5H3. The summed E-state index contributed by atoms with van der Waals surface area (Å²) in [7, 11) is 3.33. The van der Waals surface area contributed by atoms with Crippen LogP contribution in [-0.2, 0) is 14.3 Å². The average molecular weight is 437 g/mol. The lowest BCUT2D eigenvalue weighted by Crippen LogP contribution is -2.62. The first-order valence-electron chi connectivity index (χ1n) is 12.6. The number of carbonyl (C=O) groups is 1. The first-order valence-corrected chi connectivity index (χ1v) is 12.6. The van der Waals surface area contributed by atoms with Gasteiger partial charge in [-0.3, -0.25) is 4.79 Å². The Balaban J connectivity index is 1.61. The van der Waals surface area contributed by atoms with E-state index in [1.807, 2.05) is 7.11 Å². The van der Waals surface area contributed by atoms with E-state index in [2.05, 4.69) is 20.8 Å². The van der Waals surface area contributed by atoms with E-state index in [0.717, 1.165) is 51.4 Å². The molecule has 0 aromatic carbocycles. The van der Waals surface area contributed by atoms with E-state index >= 15 is 0 Å². The molecule has 4 rings (SSSR count). The van der Waals surface area contributed by atoms with E-state index < -0.39 is 0 Å². The SMILES string of the molecule is COC(=O)CCC(C)C1CCC2C3C(O)CC4CC(O)CCC4(C)C3CC(OC)C12C. The molecule has 0 spiro atoms. The van der Waals surface area contributed by atoms with Crippen molar-refractivity contribution in [3.8, 4) is 0 Å². The quantitative estimate of drug-likeness (QED) is 0.632. The van der Waals surface area contributed by atoms with Gasteiger partial charge in [-0.25, -0.2) is 0 Å². The topological polar surface area (TPSA) is 76.0 Å². The minimum Gasteiger partial charge on any atom is -0.469 e. The third kappa shape index (κ3) is 3.67. The van der Waals surface area contributed by atoms with Gasteiger partial charge in [0.1, 0.15) is 0 Å². The number of methoxy groups -OCH3 is 2. The maximum atomic E-state index is 11.7. The summed E-state index contributed by atoms with van der Waals surface area (Å²) in [6.45, 7) is 7.14. The maximum absolute atomic E-state index is 11.7. The molecular weight excluding hydrogens is 392 g/mol. The molecule has 5 heteroatoms. The molecule has 2 N–H and O–H groups in total. The fourth-order valence-electron chi connectivity index (χ4n) is 9.10. The second-order valence-electron chi connectivity index (χ2n) is 11.8. The Bertz CT molecular complexity index is 666. The van der Waals surface area contributed by atoms with Crippen LogP contribution in [0.15, 0.2) is 0 Å². The number of hydrogen-bond donors (Lipinski definition) is 2. The molecule has 0 aromatic heterocycles. The summed E-state index contributed by atoms with van der Waals surface area (Å²) in [5.74, 6) is 2.45. The molecule has 178 valence electrons. The molecule has 0 aromatic rings. The van der Waals surface area contributed by atoms with Crippen LogP contribution in [0.3, 0.4) is 0 Å². The van der Waals surface area contributed by atoms with E-state index in [0.29, 0.717) is 41.9 Å². The molecule has 0 saturated heterocycles. The number of fused-ring (bicyclic) bond motifs is 5. The number of hydrogen-bond acceptors (Lipinski definition) is 5. The molecule has 0 heterocycles. The third-order valence-electron chi connectivity index (χ3n) is 10.8. The van der Waals surface area contributed by atoms with Crippen molar-refractivity contribution in [3.05, 3.63) is 0 Å². The van der Waals surface area contributed by atoms with Crippen LogP contribution in [0.5, 0.6) is 0 Å². The molecular formula is C26H44O5. The predicted molar refractivity (Wildman–Crippen MR) is 119 cm³/mol. The zero-order valence-corrected chi connectivity index (χ0v) is 20.2. The van der Waals surface area contributed by atoms with Crippen molar-refractivity contribution >= 4 is 5.97 Å². The van der Waals surface area contributed by atoms with Crippen LogP contribution in [-0.4, -0.2) is 48.7 Å². The van der Waals surface area contributed by atoms with Crippen LogP contribution >= 0.6 is 0 Å². The molecule has 4 saturated carbocycles. The monoisotopic (exact) mass is 436 g/mol. The lowest BCUT2D eigenvalue weighted by molar-refractivity contribution is -0.212. The van der Waals surface area contributed by atoms with Gasteiger partial charge >= 0.3 is 5.97 Å². The van der Waals surface area contributed by atoms with Gasteiger partial charge in [-0.05, 0) is 92.3 Å². The van der Waals surface area contributed by atoms with E-state index in [9.17, 15) is 15.0 Å². The zero-order chi connectivity index (χ0) is 22.6. The number of aliphatic hydroxyl groups is 2. The summed E-state index contributed by atoms with van der Waals surface area (Å²) in [4.78, 5) is 11.7. The summed E-state index contributed by atoms with van der Waals surface area (Å²) in [5.41, 5.74) is 0.222. The van der Waals surface area contributed by atoms with Crippen LogP contribution in [0, 0.1) is 46.3 Å². The Hall–Kier alpha value is -0.650. The highest BCUT2D eigenvalue weighted by molar-refractivity contribution is 5.69. The van der Waals surface area contributed by atoms with Gasteiger partial charge in [0.2, 0.25) is 0 Å². The smallest absolute Gasteiger partial charge is 0.305 e. The van der Waals surface area contributed by atoms with E-state index in [4.69, 9.17) is 9.47 Å². The molecule has 4 aliphatic carbocycles. The van der Waals surface area contributed by atoms with Crippen molar-refractivity contribution in [2.24, 2.45) is 46.3 Å². The number of carbonyl (C=O) groups excluding carboxylic acids is 1. The van der Waals surface area contributed by atoms with Crippen LogP contribution < -0.4 is 0 Å². The van der Waals surface area contributed by atoms with Gasteiger partial charge in [0.25, 0.3) is 0 Å². The number of esters is 1. The average Bonchev–Trinajstić information content (AvgIpc) is 3.10. The zero-order valence-electron chi connectivity index (χ0n) is 20.2. The highest BCUT2D eigenvalue weighted by Gasteiger charge is 2.66. The van der Waals surface area contributed by atoms with Gasteiger partial charge in [0, 0.05) is 18.9 Å². The fourth-order valence-corrected chi connectivity index (χ4v) is 9.10. The summed E-state index contributed by atoms with van der Waals surface area (Å²) in [5, 5.41) is 21.7. The molecule has 0 bridgehead atoms. The molecule has 11 atom stereocenters. The van der Waals surface area contributed by atoms with Crippen molar-refractivity contribution in [2.45, 2.75) is 96.9 Å². The molecule has 0 radical (unpaired) electrons. The van der Waals surface area contributed by atoms with Crippen LogP contribution in [0.1, 0.15) is 78.6 Å². The lowest BCUT2D eigenvalue weighted by Gasteiger charge is -2.64. The largest absolute Gasteiger partial charge is 0.469 e. The number of aliphatic hydroxyl groups excluding tert-OH is 2. The highest BCUT2D eigenvalue weighted by Crippen LogP contribution is 2.68. The predicted octanol–water partition coefficient (Wildman–Crippen LogP) is 4.19. The minimum atomic E-state index is -0.278. The first-order chi connectivity index (χ1) is 14.7. The van der Waals surface area contributed by atoms with Crippen LogP contribution in [0.2, 0.25) is 0 Å². The van der Waals surface area contributed by atoms with Crippen LogP contribution in [0.25, 0.3) is 0 Å². The normalized spacial score (nSPS) is 50.2. The van der Waals surface area contributed by atoms with E-state index in [-0.39, 0.29) is 35.1 Å². The molecule has 0 aliphatic heterocycles. The van der Waals surface area contributed by atoms with Gasteiger partial charge in [0.15, 0.2) is 0 Å². The van der Waals surface area contributed by atoms with Gasteiger partial charge < -0.3 is 19.7 Å².